The second kappa shape index (κ2) is 7.39. The van der Waals surface area contributed by atoms with Crippen LogP contribution >= 0.6 is 0 Å². The van der Waals surface area contributed by atoms with Gasteiger partial charge in [0.05, 0.1) is 26.9 Å². The first-order valence-electron chi connectivity index (χ1n) is 7.16. The first-order valence-corrected chi connectivity index (χ1v) is 7.16. The summed E-state index contributed by atoms with van der Waals surface area (Å²) >= 11 is 0. The lowest BCUT2D eigenvalue weighted by Crippen LogP contribution is -2.17. The summed E-state index contributed by atoms with van der Waals surface area (Å²) in [7, 11) is 3.32. The Morgan fingerprint density at radius 3 is 2.42 bits per heavy atom. The van der Waals surface area contributed by atoms with E-state index >= 15 is 0 Å². The van der Waals surface area contributed by atoms with Gasteiger partial charge in [0, 0.05) is 0 Å². The molecule has 0 aliphatic heterocycles. The maximum Gasteiger partial charge on any atom is 0.160 e. The molecule has 19 heavy (non-hydrogen) atoms. The van der Waals surface area contributed by atoms with E-state index in [2.05, 4.69) is 6.07 Å². The van der Waals surface area contributed by atoms with Crippen LogP contribution < -0.4 is 9.47 Å². The summed E-state index contributed by atoms with van der Waals surface area (Å²) in [6.45, 7) is 0.792. The molecule has 0 amide bonds. The molecule has 3 nitrogen and oxygen atoms in total. The molecule has 1 aromatic rings. The molecule has 0 N–H and O–H groups in total. The highest BCUT2D eigenvalue weighted by atomic mass is 16.5. The molecule has 0 bridgehead atoms. The number of hydrogen-bond donors (Lipinski definition) is 0. The second-order valence-electron chi connectivity index (χ2n) is 5.07. The Bertz CT molecular complexity index is 384. The molecule has 106 valence electrons. The summed E-state index contributed by atoms with van der Waals surface area (Å²) in [5.41, 5.74) is 1.23. The van der Waals surface area contributed by atoms with Gasteiger partial charge in [-0.25, -0.2) is 0 Å². The maximum atomic E-state index is 5.94. The predicted molar refractivity (Wildman–Crippen MR) is 76.1 cm³/mol. The number of rotatable bonds is 6. The third-order valence-corrected chi connectivity index (χ3v) is 3.74. The molecule has 1 aliphatic rings. The van der Waals surface area contributed by atoms with Crippen LogP contribution in [0.4, 0.5) is 0 Å². The Morgan fingerprint density at radius 2 is 1.74 bits per heavy atom. The van der Waals surface area contributed by atoms with Crippen molar-refractivity contribution in [2.24, 2.45) is 0 Å². The molecule has 3 heteroatoms. The van der Waals surface area contributed by atoms with Gasteiger partial charge in [0.2, 0.25) is 0 Å². The highest BCUT2D eigenvalue weighted by molar-refractivity contribution is 5.42. The molecule has 0 saturated heterocycles. The Balaban J connectivity index is 1.81. The standard InChI is InChI=1S/C16H24O3/c1-17-15-9-8-13(12-16(15)18-2)10-11-19-14-6-4-3-5-7-14/h8-9,12,14H,3-7,10-11H2,1-2H3. The van der Waals surface area contributed by atoms with Crippen LogP contribution in [0.1, 0.15) is 37.7 Å². The Labute approximate surface area is 115 Å². The van der Waals surface area contributed by atoms with E-state index in [-0.39, 0.29) is 0 Å². The Morgan fingerprint density at radius 1 is 1.00 bits per heavy atom. The van der Waals surface area contributed by atoms with E-state index < -0.39 is 0 Å². The molecule has 0 radical (unpaired) electrons. The number of benzene rings is 1. The van der Waals surface area contributed by atoms with Gasteiger partial charge in [0.15, 0.2) is 11.5 Å². The van der Waals surface area contributed by atoms with Crippen LogP contribution in [0.25, 0.3) is 0 Å². The van der Waals surface area contributed by atoms with E-state index in [1.165, 1.54) is 37.7 Å². The molecule has 0 heterocycles. The third-order valence-electron chi connectivity index (χ3n) is 3.74. The van der Waals surface area contributed by atoms with Gasteiger partial charge in [-0.1, -0.05) is 25.3 Å². The molecule has 1 fully saturated rings. The van der Waals surface area contributed by atoms with Crippen LogP contribution in [0.5, 0.6) is 11.5 Å². The summed E-state index contributed by atoms with van der Waals surface area (Å²) in [4.78, 5) is 0. The average molecular weight is 264 g/mol. The molecule has 0 unspecified atom stereocenters. The highest BCUT2D eigenvalue weighted by Crippen LogP contribution is 2.28. The van der Waals surface area contributed by atoms with Crippen LogP contribution in [0.15, 0.2) is 18.2 Å². The fourth-order valence-corrected chi connectivity index (χ4v) is 2.61. The van der Waals surface area contributed by atoms with E-state index in [9.17, 15) is 0 Å². The molecule has 0 aromatic heterocycles. The lowest BCUT2D eigenvalue weighted by Gasteiger charge is -2.22. The van der Waals surface area contributed by atoms with Crippen molar-refractivity contribution in [2.45, 2.75) is 44.6 Å². The highest BCUT2D eigenvalue weighted by Gasteiger charge is 2.13. The van der Waals surface area contributed by atoms with Crippen LogP contribution in [0, 0.1) is 0 Å². The molecule has 1 aliphatic carbocycles. The lowest BCUT2D eigenvalue weighted by atomic mass is 9.98. The van der Waals surface area contributed by atoms with Gasteiger partial charge in [-0.2, -0.15) is 0 Å². The molecule has 1 aromatic carbocycles. The van der Waals surface area contributed by atoms with Gasteiger partial charge < -0.3 is 14.2 Å². The third kappa shape index (κ3) is 4.13. The van der Waals surface area contributed by atoms with Crippen molar-refractivity contribution in [1.82, 2.24) is 0 Å². The van der Waals surface area contributed by atoms with Gasteiger partial charge >= 0.3 is 0 Å². The molecular formula is C16H24O3. The van der Waals surface area contributed by atoms with Gasteiger partial charge in [-0.05, 0) is 37.0 Å². The molecule has 0 spiro atoms. The monoisotopic (exact) mass is 264 g/mol. The average Bonchev–Trinajstić information content (AvgIpc) is 2.48. The fraction of sp³-hybridized carbons (Fsp3) is 0.625. The first kappa shape index (κ1) is 14.2. The van der Waals surface area contributed by atoms with Crippen molar-refractivity contribution < 1.29 is 14.2 Å². The Hall–Kier alpha value is -1.22. The zero-order valence-corrected chi connectivity index (χ0v) is 12.0. The van der Waals surface area contributed by atoms with Crippen LogP contribution in [-0.4, -0.2) is 26.9 Å². The van der Waals surface area contributed by atoms with Crippen LogP contribution in [0.3, 0.4) is 0 Å². The second-order valence-corrected chi connectivity index (χ2v) is 5.07. The molecule has 1 saturated carbocycles. The van der Waals surface area contributed by atoms with Crippen molar-refractivity contribution in [3.63, 3.8) is 0 Å². The van der Waals surface area contributed by atoms with E-state index in [4.69, 9.17) is 14.2 Å². The maximum absolute atomic E-state index is 5.94. The Kier molecular flexibility index (Phi) is 5.52. The van der Waals surface area contributed by atoms with E-state index in [0.717, 1.165) is 24.5 Å². The zero-order valence-electron chi connectivity index (χ0n) is 12.0. The fourth-order valence-electron chi connectivity index (χ4n) is 2.61. The van der Waals surface area contributed by atoms with Crippen molar-refractivity contribution in [3.05, 3.63) is 23.8 Å². The SMILES string of the molecule is COc1ccc(CCOC2CCCCC2)cc1OC. The van der Waals surface area contributed by atoms with Crippen molar-refractivity contribution in [1.29, 1.82) is 0 Å². The lowest BCUT2D eigenvalue weighted by molar-refractivity contribution is 0.0303. The van der Waals surface area contributed by atoms with E-state index in [1.54, 1.807) is 14.2 Å². The first-order chi connectivity index (χ1) is 9.33. The normalized spacial score (nSPS) is 16.3. The molecule has 2 rings (SSSR count). The summed E-state index contributed by atoms with van der Waals surface area (Å²) < 4.78 is 16.5. The van der Waals surface area contributed by atoms with Gasteiger partial charge in [0.25, 0.3) is 0 Å². The van der Waals surface area contributed by atoms with E-state index in [1.807, 2.05) is 12.1 Å². The number of methoxy groups -OCH3 is 2. The van der Waals surface area contributed by atoms with Crippen molar-refractivity contribution in [3.8, 4) is 11.5 Å². The quantitative estimate of drug-likeness (QED) is 0.785. The van der Waals surface area contributed by atoms with E-state index in [0.29, 0.717) is 6.10 Å². The summed E-state index contributed by atoms with van der Waals surface area (Å²) in [6.07, 6.45) is 7.88. The van der Waals surface area contributed by atoms with Crippen LogP contribution in [0.2, 0.25) is 0 Å². The summed E-state index contributed by atoms with van der Waals surface area (Å²) in [5, 5.41) is 0. The van der Waals surface area contributed by atoms with Gasteiger partial charge in [-0.3, -0.25) is 0 Å². The minimum absolute atomic E-state index is 0.480. The van der Waals surface area contributed by atoms with Crippen molar-refractivity contribution in [2.75, 3.05) is 20.8 Å². The van der Waals surface area contributed by atoms with Crippen LogP contribution in [-0.2, 0) is 11.2 Å². The zero-order chi connectivity index (χ0) is 13.5. The topological polar surface area (TPSA) is 27.7 Å². The number of hydrogen-bond acceptors (Lipinski definition) is 3. The van der Waals surface area contributed by atoms with Gasteiger partial charge in [0.1, 0.15) is 0 Å². The largest absolute Gasteiger partial charge is 0.493 e. The number of ether oxygens (including phenoxy) is 3. The van der Waals surface area contributed by atoms with Gasteiger partial charge in [-0.15, -0.1) is 0 Å². The smallest absolute Gasteiger partial charge is 0.160 e. The minimum atomic E-state index is 0.480. The summed E-state index contributed by atoms with van der Waals surface area (Å²) in [6, 6.07) is 6.06. The summed E-state index contributed by atoms with van der Waals surface area (Å²) in [5.74, 6) is 1.57. The molecule has 0 atom stereocenters. The minimum Gasteiger partial charge on any atom is -0.493 e. The molecular weight excluding hydrogens is 240 g/mol. The van der Waals surface area contributed by atoms with Crippen molar-refractivity contribution >= 4 is 0 Å². The predicted octanol–water partition coefficient (Wildman–Crippen LogP) is 3.60.